The third-order valence-corrected chi connectivity index (χ3v) is 4.81. The maximum atomic E-state index is 14.7. The van der Waals surface area contributed by atoms with E-state index in [0.717, 1.165) is 5.69 Å². The van der Waals surface area contributed by atoms with Crippen molar-refractivity contribution >= 4 is 17.3 Å². The molecule has 0 aliphatic carbocycles. The maximum absolute atomic E-state index is 14.7. The van der Waals surface area contributed by atoms with Crippen molar-refractivity contribution in [2.45, 2.75) is 26.1 Å². The molecule has 0 bridgehead atoms. The molecule has 29 heavy (non-hydrogen) atoms. The van der Waals surface area contributed by atoms with Gasteiger partial charge in [0.1, 0.15) is 5.82 Å². The van der Waals surface area contributed by atoms with Gasteiger partial charge in [0.05, 0.1) is 23.6 Å². The van der Waals surface area contributed by atoms with Gasteiger partial charge in [-0.15, -0.1) is 0 Å². The number of ether oxygens (including phenoxy) is 1. The smallest absolute Gasteiger partial charge is 0.276 e. The number of para-hydroxylation sites is 1. The number of carbonyl (C=O) groups excluding carboxylic acids is 1. The number of halogens is 1. The molecule has 3 aromatic rings. The van der Waals surface area contributed by atoms with Crippen LogP contribution in [0.5, 0.6) is 0 Å². The summed E-state index contributed by atoms with van der Waals surface area (Å²) in [6.45, 7) is 5.21. The lowest BCUT2D eigenvalue weighted by molar-refractivity contribution is -0.00539. The third kappa shape index (κ3) is 4.30. The normalized spacial score (nSPS) is 19.2. The van der Waals surface area contributed by atoms with Gasteiger partial charge >= 0.3 is 0 Å². The Morgan fingerprint density at radius 1 is 1.10 bits per heavy atom. The molecule has 0 spiro atoms. The van der Waals surface area contributed by atoms with Gasteiger partial charge in [-0.1, -0.05) is 18.2 Å². The van der Waals surface area contributed by atoms with E-state index in [4.69, 9.17) is 4.74 Å². The topological polar surface area (TPSA) is 59.4 Å². The van der Waals surface area contributed by atoms with Gasteiger partial charge in [-0.05, 0) is 50.2 Å². The van der Waals surface area contributed by atoms with E-state index in [9.17, 15) is 9.18 Å². The van der Waals surface area contributed by atoms with E-state index < -0.39 is 0 Å². The average molecular weight is 394 g/mol. The van der Waals surface area contributed by atoms with Gasteiger partial charge in [-0.3, -0.25) is 4.79 Å². The highest BCUT2D eigenvalue weighted by molar-refractivity contribution is 6.02. The van der Waals surface area contributed by atoms with Crippen LogP contribution in [0.15, 0.2) is 60.8 Å². The zero-order valence-corrected chi connectivity index (χ0v) is 16.4. The predicted octanol–water partition coefficient (Wildman–Crippen LogP) is 3.88. The van der Waals surface area contributed by atoms with Crippen LogP contribution in [0.3, 0.4) is 0 Å². The summed E-state index contributed by atoms with van der Waals surface area (Å²) in [6, 6.07) is 15.9. The first kappa shape index (κ1) is 19.1. The molecule has 0 saturated carbocycles. The Labute approximate surface area is 168 Å². The molecule has 1 aliphatic rings. The fraction of sp³-hybridized carbons (Fsp3) is 0.273. The van der Waals surface area contributed by atoms with Crippen molar-refractivity contribution in [1.82, 2.24) is 9.78 Å². The molecular weight excluding hydrogens is 371 g/mol. The van der Waals surface area contributed by atoms with E-state index in [1.54, 1.807) is 29.1 Å². The van der Waals surface area contributed by atoms with Crippen LogP contribution in [0.1, 0.15) is 24.3 Å². The fourth-order valence-electron chi connectivity index (χ4n) is 3.58. The molecule has 1 fully saturated rings. The van der Waals surface area contributed by atoms with Gasteiger partial charge in [0, 0.05) is 25.0 Å². The lowest BCUT2D eigenvalue weighted by Gasteiger charge is -2.37. The van der Waals surface area contributed by atoms with E-state index in [-0.39, 0.29) is 29.6 Å². The van der Waals surface area contributed by atoms with Crippen molar-refractivity contribution in [1.29, 1.82) is 0 Å². The highest BCUT2D eigenvalue weighted by Crippen LogP contribution is 2.26. The monoisotopic (exact) mass is 394 g/mol. The minimum Gasteiger partial charge on any atom is -0.372 e. The summed E-state index contributed by atoms with van der Waals surface area (Å²) in [5.41, 5.74) is 2.02. The lowest BCUT2D eigenvalue weighted by atomic mass is 10.2. The first-order chi connectivity index (χ1) is 14.0. The van der Waals surface area contributed by atoms with Gasteiger partial charge in [0.2, 0.25) is 0 Å². The summed E-state index contributed by atoms with van der Waals surface area (Å²) >= 11 is 0. The Balaban J connectivity index is 1.47. The standard InChI is InChI=1S/C22H23FN4O2/c1-15-13-26(14-16(2)29-15)21-9-8-17(12-19(21)23)24-22(28)20-10-11-27(25-20)18-6-4-3-5-7-18/h3-12,15-16H,13-14H2,1-2H3,(H,24,28). The summed E-state index contributed by atoms with van der Waals surface area (Å²) in [6.07, 6.45) is 1.80. The second-order valence-electron chi connectivity index (χ2n) is 7.26. The number of benzene rings is 2. The average Bonchev–Trinajstić information content (AvgIpc) is 3.18. The minimum atomic E-state index is -0.388. The van der Waals surface area contributed by atoms with Crippen LogP contribution in [0.2, 0.25) is 0 Å². The molecule has 1 amide bonds. The van der Waals surface area contributed by atoms with Gasteiger partial charge in [0.25, 0.3) is 5.91 Å². The Morgan fingerprint density at radius 3 is 2.52 bits per heavy atom. The van der Waals surface area contributed by atoms with Gasteiger partial charge in [-0.25, -0.2) is 9.07 Å². The SMILES string of the molecule is CC1CN(c2ccc(NC(=O)c3ccn(-c4ccccc4)n3)cc2F)CC(C)O1. The van der Waals surface area contributed by atoms with Crippen molar-refractivity contribution in [2.24, 2.45) is 0 Å². The Hall–Kier alpha value is -3.19. The molecule has 1 N–H and O–H groups in total. The molecule has 1 aromatic heterocycles. The van der Waals surface area contributed by atoms with Gasteiger partial charge < -0.3 is 15.0 Å². The summed E-state index contributed by atoms with van der Waals surface area (Å²) in [5, 5.41) is 7.01. The molecule has 0 radical (unpaired) electrons. The van der Waals surface area contributed by atoms with Crippen LogP contribution in [-0.4, -0.2) is 41.0 Å². The second kappa shape index (κ2) is 8.05. The van der Waals surface area contributed by atoms with Crippen molar-refractivity contribution in [2.75, 3.05) is 23.3 Å². The number of nitrogens with zero attached hydrogens (tertiary/aromatic N) is 3. The zero-order valence-electron chi connectivity index (χ0n) is 16.4. The van der Waals surface area contributed by atoms with E-state index in [1.807, 2.05) is 49.1 Å². The number of aromatic nitrogens is 2. The molecular formula is C22H23FN4O2. The van der Waals surface area contributed by atoms with Gasteiger partial charge in [0.15, 0.2) is 5.69 Å². The summed E-state index contributed by atoms with van der Waals surface area (Å²) in [4.78, 5) is 14.5. The number of nitrogens with one attached hydrogen (secondary N) is 1. The van der Waals surface area contributed by atoms with Crippen LogP contribution in [0.25, 0.3) is 5.69 Å². The van der Waals surface area contributed by atoms with Crippen LogP contribution >= 0.6 is 0 Å². The number of anilines is 2. The second-order valence-corrected chi connectivity index (χ2v) is 7.26. The summed E-state index contributed by atoms with van der Waals surface area (Å²) in [7, 11) is 0. The molecule has 2 aromatic carbocycles. The van der Waals surface area contributed by atoms with Crippen LogP contribution in [-0.2, 0) is 4.74 Å². The number of morpholine rings is 1. The Bertz CT molecular complexity index is 995. The molecule has 7 heteroatoms. The first-order valence-corrected chi connectivity index (χ1v) is 9.62. The number of hydrogen-bond donors (Lipinski definition) is 1. The summed E-state index contributed by atoms with van der Waals surface area (Å²) < 4.78 is 22.0. The van der Waals surface area contributed by atoms with Crippen LogP contribution in [0, 0.1) is 5.82 Å². The van der Waals surface area contributed by atoms with Crippen molar-refractivity contribution in [3.8, 4) is 5.69 Å². The maximum Gasteiger partial charge on any atom is 0.276 e. The fourth-order valence-corrected chi connectivity index (χ4v) is 3.58. The zero-order chi connectivity index (χ0) is 20.4. The van der Waals surface area contributed by atoms with Gasteiger partial charge in [-0.2, -0.15) is 5.10 Å². The van der Waals surface area contributed by atoms with Crippen LogP contribution < -0.4 is 10.2 Å². The first-order valence-electron chi connectivity index (χ1n) is 9.62. The highest BCUT2D eigenvalue weighted by atomic mass is 19.1. The van der Waals surface area contributed by atoms with Crippen molar-refractivity contribution in [3.63, 3.8) is 0 Å². The number of hydrogen-bond acceptors (Lipinski definition) is 4. The minimum absolute atomic E-state index is 0.0391. The quantitative estimate of drug-likeness (QED) is 0.730. The number of amides is 1. The van der Waals surface area contributed by atoms with E-state index in [2.05, 4.69) is 10.4 Å². The van der Waals surface area contributed by atoms with Crippen molar-refractivity contribution < 1.29 is 13.9 Å². The van der Waals surface area contributed by atoms with E-state index in [1.165, 1.54) is 6.07 Å². The lowest BCUT2D eigenvalue weighted by Crippen LogP contribution is -2.45. The number of carbonyl (C=O) groups is 1. The molecule has 4 rings (SSSR count). The highest BCUT2D eigenvalue weighted by Gasteiger charge is 2.24. The molecule has 2 unspecified atom stereocenters. The number of rotatable bonds is 4. The molecule has 6 nitrogen and oxygen atoms in total. The molecule has 1 saturated heterocycles. The molecule has 2 atom stereocenters. The van der Waals surface area contributed by atoms with Crippen LogP contribution in [0.4, 0.5) is 15.8 Å². The third-order valence-electron chi connectivity index (χ3n) is 4.81. The summed E-state index contributed by atoms with van der Waals surface area (Å²) in [5.74, 6) is -0.764. The largest absolute Gasteiger partial charge is 0.372 e. The Morgan fingerprint density at radius 2 is 1.83 bits per heavy atom. The Kier molecular flexibility index (Phi) is 5.31. The molecule has 1 aliphatic heterocycles. The van der Waals surface area contributed by atoms with E-state index in [0.29, 0.717) is 24.5 Å². The van der Waals surface area contributed by atoms with Crippen molar-refractivity contribution in [3.05, 3.63) is 72.3 Å². The van der Waals surface area contributed by atoms with E-state index >= 15 is 0 Å². The molecule has 2 heterocycles. The predicted molar refractivity (Wildman–Crippen MR) is 110 cm³/mol. The molecule has 150 valence electrons.